The first-order valence-corrected chi connectivity index (χ1v) is 4.01. The molecular formula is C8H8NO2P. The summed E-state index contributed by atoms with van der Waals surface area (Å²) < 4.78 is 0. The maximum atomic E-state index is 10.6. The highest BCUT2D eigenvalue weighted by atomic mass is 31.0. The van der Waals surface area contributed by atoms with Crippen molar-refractivity contribution in [3.63, 3.8) is 0 Å². The van der Waals surface area contributed by atoms with Gasteiger partial charge in [-0.05, 0) is 10.9 Å². The van der Waals surface area contributed by atoms with Crippen LogP contribution in [0, 0.1) is 4.91 Å². The molecular weight excluding hydrogens is 173 g/mol. The van der Waals surface area contributed by atoms with Crippen LogP contribution in [-0.4, -0.2) is 5.91 Å². The van der Waals surface area contributed by atoms with Gasteiger partial charge in [0.25, 0.3) is 5.91 Å². The zero-order valence-electron chi connectivity index (χ0n) is 6.36. The SMILES string of the molecule is O=NC(=O)Cc1ccccc1P. The molecule has 12 heavy (non-hydrogen) atoms. The molecule has 0 saturated carbocycles. The fourth-order valence-corrected chi connectivity index (χ4v) is 1.20. The number of nitroso groups, excluding NO2 is 1. The molecule has 0 aliphatic rings. The number of hydrogen-bond acceptors (Lipinski definition) is 2. The van der Waals surface area contributed by atoms with Crippen LogP contribution >= 0.6 is 9.24 Å². The van der Waals surface area contributed by atoms with Crippen molar-refractivity contribution in [3.05, 3.63) is 34.7 Å². The normalized spacial score (nSPS) is 9.42. The van der Waals surface area contributed by atoms with E-state index in [4.69, 9.17) is 0 Å². The topological polar surface area (TPSA) is 46.5 Å². The maximum Gasteiger partial charge on any atom is 0.290 e. The molecule has 0 aliphatic carbocycles. The van der Waals surface area contributed by atoms with Gasteiger partial charge in [-0.25, -0.2) is 0 Å². The van der Waals surface area contributed by atoms with E-state index < -0.39 is 5.91 Å². The van der Waals surface area contributed by atoms with Crippen molar-refractivity contribution in [2.75, 3.05) is 0 Å². The summed E-state index contributed by atoms with van der Waals surface area (Å²) >= 11 is 0. The lowest BCUT2D eigenvalue weighted by Gasteiger charge is -1.99. The number of amides is 1. The van der Waals surface area contributed by atoms with E-state index in [-0.39, 0.29) is 6.42 Å². The van der Waals surface area contributed by atoms with Crippen molar-refractivity contribution in [2.45, 2.75) is 6.42 Å². The van der Waals surface area contributed by atoms with Crippen LogP contribution in [0.25, 0.3) is 0 Å². The van der Waals surface area contributed by atoms with Gasteiger partial charge in [-0.1, -0.05) is 24.3 Å². The lowest BCUT2D eigenvalue weighted by Crippen LogP contribution is -2.06. The molecule has 1 unspecified atom stereocenters. The van der Waals surface area contributed by atoms with Crippen LogP contribution in [0.2, 0.25) is 0 Å². The highest BCUT2D eigenvalue weighted by molar-refractivity contribution is 7.27. The summed E-state index contributed by atoms with van der Waals surface area (Å²) in [6, 6.07) is 7.34. The Morgan fingerprint density at radius 3 is 2.67 bits per heavy atom. The average Bonchev–Trinajstić information content (AvgIpc) is 2.09. The third-order valence-corrected chi connectivity index (χ3v) is 2.06. The highest BCUT2D eigenvalue weighted by Crippen LogP contribution is 2.02. The fraction of sp³-hybridized carbons (Fsp3) is 0.125. The molecule has 1 rings (SSSR count). The van der Waals surface area contributed by atoms with Gasteiger partial charge in [0.15, 0.2) is 0 Å². The molecule has 1 atom stereocenters. The van der Waals surface area contributed by atoms with Crippen molar-refractivity contribution in [3.8, 4) is 0 Å². The van der Waals surface area contributed by atoms with Crippen LogP contribution in [-0.2, 0) is 11.2 Å². The molecule has 1 amide bonds. The van der Waals surface area contributed by atoms with Crippen LogP contribution < -0.4 is 5.30 Å². The largest absolute Gasteiger partial charge is 0.290 e. The van der Waals surface area contributed by atoms with Gasteiger partial charge >= 0.3 is 0 Å². The van der Waals surface area contributed by atoms with Crippen LogP contribution in [0.15, 0.2) is 29.4 Å². The predicted octanol–water partition coefficient (Wildman–Crippen LogP) is 1.02. The van der Waals surface area contributed by atoms with E-state index in [0.717, 1.165) is 10.9 Å². The summed E-state index contributed by atoms with van der Waals surface area (Å²) in [5, 5.41) is 3.25. The van der Waals surface area contributed by atoms with Crippen molar-refractivity contribution in [1.82, 2.24) is 0 Å². The number of carbonyl (C=O) groups is 1. The summed E-state index contributed by atoms with van der Waals surface area (Å²) in [6.45, 7) is 0. The second-order valence-corrected chi connectivity index (χ2v) is 2.98. The second kappa shape index (κ2) is 4.07. The molecule has 0 N–H and O–H groups in total. The molecule has 62 valence electrons. The molecule has 0 spiro atoms. The van der Waals surface area contributed by atoms with E-state index in [0.29, 0.717) is 0 Å². The Balaban J connectivity index is 2.82. The molecule has 0 aromatic heterocycles. The van der Waals surface area contributed by atoms with Gasteiger partial charge in [0.05, 0.1) is 6.42 Å². The van der Waals surface area contributed by atoms with Crippen LogP contribution in [0.4, 0.5) is 0 Å². The number of benzene rings is 1. The number of nitrogens with zero attached hydrogens (tertiary/aromatic N) is 1. The zero-order valence-corrected chi connectivity index (χ0v) is 7.51. The molecule has 0 radical (unpaired) electrons. The minimum absolute atomic E-state index is 0.0865. The van der Waals surface area contributed by atoms with E-state index in [9.17, 15) is 9.70 Å². The smallest absolute Gasteiger partial charge is 0.269 e. The van der Waals surface area contributed by atoms with Gasteiger partial charge in [0, 0.05) is 5.18 Å². The predicted molar refractivity (Wildman–Crippen MR) is 50.3 cm³/mol. The Morgan fingerprint density at radius 1 is 1.42 bits per heavy atom. The average molecular weight is 181 g/mol. The molecule has 4 heteroatoms. The van der Waals surface area contributed by atoms with Crippen molar-refractivity contribution in [2.24, 2.45) is 5.18 Å². The summed E-state index contributed by atoms with van der Waals surface area (Å²) in [4.78, 5) is 20.5. The Bertz CT molecular complexity index is 312. The van der Waals surface area contributed by atoms with Gasteiger partial charge in [-0.3, -0.25) is 4.79 Å². The van der Waals surface area contributed by atoms with E-state index in [1.165, 1.54) is 0 Å². The van der Waals surface area contributed by atoms with Crippen molar-refractivity contribution >= 4 is 20.5 Å². The van der Waals surface area contributed by atoms with Gasteiger partial charge in [0.2, 0.25) is 0 Å². The van der Waals surface area contributed by atoms with Crippen molar-refractivity contribution < 1.29 is 4.79 Å². The maximum absolute atomic E-state index is 10.6. The number of hydrogen-bond donors (Lipinski definition) is 0. The zero-order chi connectivity index (χ0) is 8.97. The molecule has 0 aliphatic heterocycles. The Hall–Kier alpha value is -1.08. The third kappa shape index (κ3) is 2.21. The first-order valence-electron chi connectivity index (χ1n) is 3.43. The first-order chi connectivity index (χ1) is 5.74. The molecule has 3 nitrogen and oxygen atoms in total. The minimum Gasteiger partial charge on any atom is -0.269 e. The lowest BCUT2D eigenvalue weighted by molar-refractivity contribution is -0.117. The Kier molecular flexibility index (Phi) is 3.06. The summed E-state index contributed by atoms with van der Waals surface area (Å²) in [6.07, 6.45) is 0.0865. The summed E-state index contributed by atoms with van der Waals surface area (Å²) in [5.74, 6) is -0.634. The molecule has 1 aromatic rings. The standard InChI is InChI=1S/C8H8NO2P/c10-8(9-11)5-6-3-1-2-4-7(6)12/h1-4H,5,12H2. The van der Waals surface area contributed by atoms with Crippen LogP contribution in [0.3, 0.4) is 0 Å². The molecule has 0 saturated heterocycles. The molecule has 0 fully saturated rings. The highest BCUT2D eigenvalue weighted by Gasteiger charge is 2.04. The number of rotatable bonds is 2. The van der Waals surface area contributed by atoms with Gasteiger partial charge in [-0.2, -0.15) is 0 Å². The quantitative estimate of drug-likeness (QED) is 0.505. The van der Waals surface area contributed by atoms with E-state index in [2.05, 4.69) is 14.4 Å². The second-order valence-electron chi connectivity index (χ2n) is 2.36. The van der Waals surface area contributed by atoms with Gasteiger partial charge in [0.1, 0.15) is 0 Å². The summed E-state index contributed by atoms with van der Waals surface area (Å²) in [5.41, 5.74) is 0.826. The monoisotopic (exact) mass is 181 g/mol. The first kappa shape index (κ1) is 9.01. The van der Waals surface area contributed by atoms with E-state index in [1.807, 2.05) is 18.2 Å². The van der Waals surface area contributed by atoms with E-state index in [1.54, 1.807) is 6.07 Å². The molecule has 0 heterocycles. The summed E-state index contributed by atoms with van der Waals surface area (Å²) in [7, 11) is 2.50. The number of carbonyl (C=O) groups excluding carboxylic acids is 1. The minimum atomic E-state index is -0.634. The lowest BCUT2D eigenvalue weighted by atomic mass is 10.1. The van der Waals surface area contributed by atoms with Gasteiger partial charge in [-0.15, -0.1) is 14.1 Å². The van der Waals surface area contributed by atoms with Crippen LogP contribution in [0.1, 0.15) is 5.56 Å². The van der Waals surface area contributed by atoms with Gasteiger partial charge < -0.3 is 0 Å². The Labute approximate surface area is 72.3 Å². The molecule has 1 aromatic carbocycles. The molecule has 0 bridgehead atoms. The Morgan fingerprint density at radius 2 is 2.08 bits per heavy atom. The third-order valence-electron chi connectivity index (χ3n) is 1.50. The van der Waals surface area contributed by atoms with E-state index >= 15 is 0 Å². The van der Waals surface area contributed by atoms with Crippen LogP contribution in [0.5, 0.6) is 0 Å². The van der Waals surface area contributed by atoms with Crippen molar-refractivity contribution in [1.29, 1.82) is 0 Å². The fourth-order valence-electron chi connectivity index (χ4n) is 0.890.